The van der Waals surface area contributed by atoms with Crippen LogP contribution in [0.4, 0.5) is 15.8 Å². The van der Waals surface area contributed by atoms with Crippen LogP contribution in [0.3, 0.4) is 0 Å². The number of benzene rings is 2. The zero-order chi connectivity index (χ0) is 20.9. The molecule has 0 bridgehead atoms. The van der Waals surface area contributed by atoms with Crippen molar-refractivity contribution in [1.82, 2.24) is 10.2 Å². The Kier molecular flexibility index (Phi) is 5.72. The summed E-state index contributed by atoms with van der Waals surface area (Å²) in [5.41, 5.74) is 2.10. The van der Waals surface area contributed by atoms with Crippen LogP contribution in [0.15, 0.2) is 64.8 Å². The van der Waals surface area contributed by atoms with E-state index in [0.717, 1.165) is 18.8 Å². The van der Waals surface area contributed by atoms with Crippen molar-refractivity contribution in [1.29, 1.82) is 5.26 Å². The number of amidine groups is 1. The number of nitrogens with zero attached hydrogens (tertiary/aromatic N) is 3. The molecule has 2 heterocycles. The maximum atomic E-state index is 13.4. The molecule has 4 rings (SSSR count). The van der Waals surface area contributed by atoms with Gasteiger partial charge in [0.15, 0.2) is 11.4 Å². The number of para-hydroxylation sites is 2. The zero-order valence-corrected chi connectivity index (χ0v) is 16.2. The number of halogens is 1. The Morgan fingerprint density at radius 3 is 2.77 bits per heavy atom. The number of fused-ring (bicyclic) bond motifs is 1. The van der Waals surface area contributed by atoms with E-state index in [1.54, 1.807) is 6.07 Å². The van der Waals surface area contributed by atoms with Crippen molar-refractivity contribution in [2.24, 2.45) is 4.99 Å². The summed E-state index contributed by atoms with van der Waals surface area (Å²) in [6.07, 6.45) is 0. The molecule has 30 heavy (non-hydrogen) atoms. The predicted octanol–water partition coefficient (Wildman–Crippen LogP) is 2.71. The van der Waals surface area contributed by atoms with Crippen LogP contribution >= 0.6 is 0 Å². The Hall–Kier alpha value is -3.70. The Labute approximate surface area is 173 Å². The summed E-state index contributed by atoms with van der Waals surface area (Å²) in [5, 5.41) is 16.2. The number of hydrogen-bond acceptors (Lipinski definition) is 7. The molecular weight excluding hydrogens is 385 g/mol. The molecule has 2 aliphatic rings. The van der Waals surface area contributed by atoms with E-state index in [2.05, 4.69) is 10.6 Å². The minimum Gasteiger partial charge on any atom is -0.457 e. The fourth-order valence-corrected chi connectivity index (χ4v) is 3.37. The lowest BCUT2D eigenvalue weighted by molar-refractivity contribution is -0.139. The molecule has 1 saturated heterocycles. The summed E-state index contributed by atoms with van der Waals surface area (Å²) in [6.45, 7) is 2.82. The summed E-state index contributed by atoms with van der Waals surface area (Å²) in [6, 6.07) is 15.2. The summed E-state index contributed by atoms with van der Waals surface area (Å²) in [5.74, 6) is -0.665. The maximum absolute atomic E-state index is 13.4. The van der Waals surface area contributed by atoms with Crippen LogP contribution in [-0.2, 0) is 16.1 Å². The van der Waals surface area contributed by atoms with Gasteiger partial charge in [0.2, 0.25) is 0 Å². The number of anilines is 1. The highest BCUT2D eigenvalue weighted by Gasteiger charge is 2.29. The molecule has 0 radical (unpaired) electrons. The van der Waals surface area contributed by atoms with Gasteiger partial charge in [0.25, 0.3) is 0 Å². The molecule has 0 saturated carbocycles. The second-order valence-corrected chi connectivity index (χ2v) is 6.88. The third-order valence-corrected chi connectivity index (χ3v) is 4.86. The van der Waals surface area contributed by atoms with Crippen molar-refractivity contribution in [2.45, 2.75) is 6.61 Å². The molecule has 1 fully saturated rings. The number of nitrogens with one attached hydrogen (secondary N) is 2. The second-order valence-electron chi connectivity index (χ2n) is 6.88. The SMILES string of the molecule is N#CC(C(=O)OCc1cccc(F)c1)=C1Nc2ccccc2N=C1N1CCNCC1. The molecule has 2 aromatic carbocycles. The van der Waals surface area contributed by atoms with Gasteiger partial charge in [-0.2, -0.15) is 5.26 Å². The van der Waals surface area contributed by atoms with E-state index in [4.69, 9.17) is 9.73 Å². The van der Waals surface area contributed by atoms with Gasteiger partial charge < -0.3 is 20.3 Å². The number of ether oxygens (including phenoxy) is 1. The van der Waals surface area contributed by atoms with Gasteiger partial charge in [0.1, 0.15) is 24.2 Å². The molecule has 0 atom stereocenters. The van der Waals surface area contributed by atoms with Gasteiger partial charge in [-0.3, -0.25) is 0 Å². The highest BCUT2D eigenvalue weighted by molar-refractivity contribution is 6.12. The van der Waals surface area contributed by atoms with Crippen LogP contribution in [0.5, 0.6) is 0 Å². The number of nitriles is 1. The van der Waals surface area contributed by atoms with E-state index in [1.807, 2.05) is 35.2 Å². The van der Waals surface area contributed by atoms with Gasteiger partial charge in [-0.1, -0.05) is 24.3 Å². The first kappa shape index (κ1) is 19.6. The molecule has 152 valence electrons. The highest BCUT2D eigenvalue weighted by atomic mass is 19.1. The standard InChI is InChI=1S/C22H20FN5O2/c23-16-5-3-4-15(12-16)14-30-22(29)17(13-24)20-21(28-10-8-25-9-11-28)27-19-7-2-1-6-18(19)26-20/h1-7,12,25-26H,8-11,14H2. The first-order chi connectivity index (χ1) is 14.7. The Morgan fingerprint density at radius 1 is 1.20 bits per heavy atom. The van der Waals surface area contributed by atoms with Crippen LogP contribution < -0.4 is 10.6 Å². The minimum absolute atomic E-state index is 0.133. The second kappa shape index (κ2) is 8.76. The van der Waals surface area contributed by atoms with Gasteiger partial charge in [-0.15, -0.1) is 0 Å². The van der Waals surface area contributed by atoms with Crippen molar-refractivity contribution >= 4 is 23.2 Å². The third kappa shape index (κ3) is 4.16. The Morgan fingerprint density at radius 2 is 2.00 bits per heavy atom. The smallest absolute Gasteiger partial charge is 0.351 e. The molecule has 2 aromatic rings. The van der Waals surface area contributed by atoms with Crippen molar-refractivity contribution in [3.8, 4) is 6.07 Å². The normalized spacial score (nSPS) is 17.2. The van der Waals surface area contributed by atoms with Crippen LogP contribution in [0.1, 0.15) is 5.56 Å². The molecule has 7 nitrogen and oxygen atoms in total. The maximum Gasteiger partial charge on any atom is 0.351 e. The minimum atomic E-state index is -0.786. The highest BCUT2D eigenvalue weighted by Crippen LogP contribution is 2.32. The fourth-order valence-electron chi connectivity index (χ4n) is 3.37. The van der Waals surface area contributed by atoms with Crippen molar-refractivity contribution in [2.75, 3.05) is 31.5 Å². The average molecular weight is 405 g/mol. The summed E-state index contributed by atoms with van der Waals surface area (Å²) in [4.78, 5) is 19.5. The molecule has 2 N–H and O–H groups in total. The summed E-state index contributed by atoms with van der Waals surface area (Å²) >= 11 is 0. The molecule has 0 spiro atoms. The number of rotatable bonds is 3. The van der Waals surface area contributed by atoms with E-state index >= 15 is 0 Å². The lowest BCUT2D eigenvalue weighted by Gasteiger charge is -2.34. The van der Waals surface area contributed by atoms with Crippen LogP contribution in [0.25, 0.3) is 0 Å². The summed E-state index contributed by atoms with van der Waals surface area (Å²) in [7, 11) is 0. The lowest BCUT2D eigenvalue weighted by atomic mass is 10.1. The van der Waals surface area contributed by atoms with Crippen molar-refractivity contribution in [3.05, 3.63) is 71.2 Å². The van der Waals surface area contributed by atoms with E-state index in [9.17, 15) is 14.4 Å². The van der Waals surface area contributed by atoms with E-state index < -0.39 is 11.8 Å². The van der Waals surface area contributed by atoms with Crippen molar-refractivity contribution in [3.63, 3.8) is 0 Å². The number of hydrogen-bond donors (Lipinski definition) is 2. The van der Waals surface area contributed by atoms with E-state index in [-0.39, 0.29) is 12.2 Å². The largest absolute Gasteiger partial charge is 0.457 e. The predicted molar refractivity (Wildman–Crippen MR) is 110 cm³/mol. The molecular formula is C22H20FN5O2. The first-order valence-electron chi connectivity index (χ1n) is 9.62. The topological polar surface area (TPSA) is 89.8 Å². The lowest BCUT2D eigenvalue weighted by Crippen LogP contribution is -2.48. The number of piperazine rings is 1. The van der Waals surface area contributed by atoms with Gasteiger partial charge in [0.05, 0.1) is 11.4 Å². The van der Waals surface area contributed by atoms with Gasteiger partial charge in [-0.25, -0.2) is 14.2 Å². The van der Waals surface area contributed by atoms with Crippen LogP contribution in [0.2, 0.25) is 0 Å². The van der Waals surface area contributed by atoms with Gasteiger partial charge in [0, 0.05) is 26.2 Å². The van der Waals surface area contributed by atoms with E-state index in [1.165, 1.54) is 18.2 Å². The van der Waals surface area contributed by atoms with E-state index in [0.29, 0.717) is 35.9 Å². The zero-order valence-electron chi connectivity index (χ0n) is 16.2. The number of carbonyl (C=O) groups is 1. The molecule has 0 unspecified atom stereocenters. The Bertz CT molecular complexity index is 1070. The Balaban J connectivity index is 1.66. The molecule has 0 aliphatic carbocycles. The fraction of sp³-hybridized carbons (Fsp3) is 0.227. The monoisotopic (exact) mass is 405 g/mol. The number of aliphatic imine (C=N–C) groups is 1. The molecule has 8 heteroatoms. The van der Waals surface area contributed by atoms with Gasteiger partial charge >= 0.3 is 5.97 Å². The molecule has 2 aliphatic heterocycles. The number of esters is 1. The van der Waals surface area contributed by atoms with Crippen LogP contribution in [-0.4, -0.2) is 42.9 Å². The quantitative estimate of drug-likeness (QED) is 0.464. The van der Waals surface area contributed by atoms with Crippen LogP contribution in [0, 0.1) is 17.1 Å². The first-order valence-corrected chi connectivity index (χ1v) is 9.62. The van der Waals surface area contributed by atoms with Gasteiger partial charge in [-0.05, 0) is 29.8 Å². The average Bonchev–Trinajstić information content (AvgIpc) is 2.78. The summed E-state index contributed by atoms with van der Waals surface area (Å²) < 4.78 is 18.7. The van der Waals surface area contributed by atoms with Crippen molar-refractivity contribution < 1.29 is 13.9 Å². The third-order valence-electron chi connectivity index (χ3n) is 4.86. The number of carbonyl (C=O) groups excluding carboxylic acids is 1. The molecule has 0 amide bonds. The molecule has 0 aromatic heterocycles.